The molecule has 1 atom stereocenters. The van der Waals surface area contributed by atoms with Crippen molar-refractivity contribution < 1.29 is 23.9 Å². The van der Waals surface area contributed by atoms with E-state index in [1.165, 1.54) is 18.2 Å². The van der Waals surface area contributed by atoms with Gasteiger partial charge >= 0.3 is 0 Å². The molecule has 4 rings (SSSR count). The summed E-state index contributed by atoms with van der Waals surface area (Å²) in [5.41, 5.74) is 1.91. The quantitative estimate of drug-likeness (QED) is 0.561. The van der Waals surface area contributed by atoms with Crippen LogP contribution < -0.4 is 14.8 Å². The van der Waals surface area contributed by atoms with E-state index in [9.17, 15) is 14.4 Å². The first-order chi connectivity index (χ1) is 17.9. The van der Waals surface area contributed by atoms with E-state index < -0.39 is 5.25 Å². The first kappa shape index (κ1) is 26.5. The van der Waals surface area contributed by atoms with Crippen molar-refractivity contribution in [2.45, 2.75) is 37.5 Å². The van der Waals surface area contributed by atoms with E-state index in [-0.39, 0.29) is 24.1 Å². The highest BCUT2D eigenvalue weighted by atomic mass is 32.2. The Morgan fingerprint density at radius 1 is 1.08 bits per heavy atom. The minimum atomic E-state index is -0.499. The van der Waals surface area contributed by atoms with Crippen LogP contribution in [0.4, 0.5) is 5.69 Å². The lowest BCUT2D eigenvalue weighted by molar-refractivity contribution is -0.121. The lowest BCUT2D eigenvalue weighted by atomic mass is 10.1. The molecule has 3 amide bonds. The van der Waals surface area contributed by atoms with Crippen molar-refractivity contribution in [2.24, 2.45) is 4.99 Å². The number of nitrogens with zero attached hydrogens (tertiary/aromatic N) is 3. The number of likely N-dealkylation sites (tertiary alicyclic amines) is 1. The molecule has 2 aromatic carbocycles. The van der Waals surface area contributed by atoms with Gasteiger partial charge in [0.05, 0.1) is 14.2 Å². The molecule has 1 saturated heterocycles. The maximum Gasteiger partial charge on any atom is 0.262 e. The molecule has 37 heavy (non-hydrogen) atoms. The van der Waals surface area contributed by atoms with Gasteiger partial charge in [-0.25, -0.2) is 0 Å². The van der Waals surface area contributed by atoms with Gasteiger partial charge in [-0.1, -0.05) is 11.8 Å². The SMILES string of the molecule is COc1ccc(CN(C)C(=O)c2ccc(NC(=O)CC3SC(N4CCCCC4)=NC3=O)cc2)c(OC)c1. The summed E-state index contributed by atoms with van der Waals surface area (Å²) in [6.45, 7) is 2.18. The van der Waals surface area contributed by atoms with Crippen molar-refractivity contribution >= 4 is 40.3 Å². The Hall–Kier alpha value is -3.53. The number of amidine groups is 1. The number of hydrogen-bond acceptors (Lipinski definition) is 7. The summed E-state index contributed by atoms with van der Waals surface area (Å²) < 4.78 is 10.7. The zero-order chi connectivity index (χ0) is 26.4. The molecule has 0 spiro atoms. The van der Waals surface area contributed by atoms with Crippen LogP contribution in [0.15, 0.2) is 47.5 Å². The maximum atomic E-state index is 12.9. The molecule has 2 aromatic rings. The summed E-state index contributed by atoms with van der Waals surface area (Å²) in [5, 5.41) is 3.06. The largest absolute Gasteiger partial charge is 0.497 e. The van der Waals surface area contributed by atoms with Gasteiger partial charge in [0.25, 0.3) is 11.8 Å². The van der Waals surface area contributed by atoms with Gasteiger partial charge in [-0.15, -0.1) is 0 Å². The summed E-state index contributed by atoms with van der Waals surface area (Å²) in [6.07, 6.45) is 3.45. The monoisotopic (exact) mass is 524 g/mol. The lowest BCUT2D eigenvalue weighted by Crippen LogP contribution is -2.33. The predicted octanol–water partition coefficient (Wildman–Crippen LogP) is 3.79. The number of anilines is 1. The number of aliphatic imine (C=N–C) groups is 1. The molecule has 2 aliphatic rings. The highest BCUT2D eigenvalue weighted by Crippen LogP contribution is 2.29. The van der Waals surface area contributed by atoms with Crippen LogP contribution in [0.3, 0.4) is 0 Å². The summed E-state index contributed by atoms with van der Waals surface area (Å²) in [7, 11) is 4.89. The minimum Gasteiger partial charge on any atom is -0.497 e. The molecule has 0 bridgehead atoms. The fourth-order valence-corrected chi connectivity index (χ4v) is 5.45. The molecule has 1 unspecified atom stereocenters. The number of hydrogen-bond donors (Lipinski definition) is 1. The molecule has 2 heterocycles. The highest BCUT2D eigenvalue weighted by molar-refractivity contribution is 8.15. The van der Waals surface area contributed by atoms with E-state index in [1.807, 2.05) is 12.1 Å². The van der Waals surface area contributed by atoms with Gasteiger partial charge in [0.1, 0.15) is 16.7 Å². The van der Waals surface area contributed by atoms with E-state index >= 15 is 0 Å². The van der Waals surface area contributed by atoms with Gasteiger partial charge in [-0.2, -0.15) is 4.99 Å². The van der Waals surface area contributed by atoms with Crippen LogP contribution in [0.2, 0.25) is 0 Å². The number of nitrogens with one attached hydrogen (secondary N) is 1. The molecule has 196 valence electrons. The van der Waals surface area contributed by atoms with Crippen molar-refractivity contribution in [1.29, 1.82) is 0 Å². The number of piperidine rings is 1. The molecule has 0 aromatic heterocycles. The molecule has 2 aliphatic heterocycles. The van der Waals surface area contributed by atoms with Crippen LogP contribution in [0, 0.1) is 0 Å². The standard InChI is InChI=1S/C27H32N4O5S/c1-30(17-19-9-12-21(35-2)15-22(19)36-3)26(34)18-7-10-20(11-8-18)28-24(32)16-23-25(33)29-27(37-23)31-13-5-4-6-14-31/h7-12,15,23H,4-6,13-14,16-17H2,1-3H3,(H,28,32). The third-order valence-electron chi connectivity index (χ3n) is 6.39. The van der Waals surface area contributed by atoms with Crippen LogP contribution in [-0.2, 0) is 16.1 Å². The van der Waals surface area contributed by atoms with E-state index in [1.54, 1.807) is 56.5 Å². The first-order valence-corrected chi connectivity index (χ1v) is 13.2. The van der Waals surface area contributed by atoms with E-state index in [0.29, 0.717) is 29.3 Å². The topological polar surface area (TPSA) is 101 Å². The van der Waals surface area contributed by atoms with Crippen molar-refractivity contribution in [3.8, 4) is 11.5 Å². The molecule has 0 radical (unpaired) electrons. The maximum absolute atomic E-state index is 12.9. The van der Waals surface area contributed by atoms with Gasteiger partial charge in [0, 0.05) is 56.0 Å². The van der Waals surface area contributed by atoms with Gasteiger partial charge in [0.2, 0.25) is 5.91 Å². The third kappa shape index (κ3) is 6.62. The van der Waals surface area contributed by atoms with Crippen molar-refractivity contribution in [1.82, 2.24) is 9.80 Å². The summed E-state index contributed by atoms with van der Waals surface area (Å²) in [6, 6.07) is 12.2. The highest BCUT2D eigenvalue weighted by Gasteiger charge is 2.33. The lowest BCUT2D eigenvalue weighted by Gasteiger charge is -2.27. The fourth-order valence-electron chi connectivity index (χ4n) is 4.34. The number of carbonyl (C=O) groups excluding carboxylic acids is 3. The van der Waals surface area contributed by atoms with Crippen LogP contribution in [0.25, 0.3) is 0 Å². The first-order valence-electron chi connectivity index (χ1n) is 12.3. The van der Waals surface area contributed by atoms with Gasteiger partial charge in [-0.3, -0.25) is 14.4 Å². The summed E-state index contributed by atoms with van der Waals surface area (Å²) in [5.74, 6) is 0.649. The Kier molecular flexibility index (Phi) is 8.70. The van der Waals surface area contributed by atoms with Gasteiger partial charge in [0.15, 0.2) is 5.17 Å². The number of methoxy groups -OCH3 is 2. The number of amides is 3. The van der Waals surface area contributed by atoms with Crippen molar-refractivity contribution in [3.63, 3.8) is 0 Å². The second-order valence-corrected chi connectivity index (χ2v) is 10.2. The Balaban J connectivity index is 1.29. The number of carbonyl (C=O) groups is 3. The molecule has 10 heteroatoms. The van der Waals surface area contributed by atoms with Crippen LogP contribution in [0.1, 0.15) is 41.6 Å². The smallest absolute Gasteiger partial charge is 0.262 e. The Morgan fingerprint density at radius 2 is 1.81 bits per heavy atom. The second-order valence-electron chi connectivity index (χ2n) is 9.06. The second kappa shape index (κ2) is 12.1. The Bertz CT molecular complexity index is 1180. The minimum absolute atomic E-state index is 0.0530. The molecular formula is C27H32N4O5S. The molecule has 1 fully saturated rings. The van der Waals surface area contributed by atoms with Crippen LogP contribution >= 0.6 is 11.8 Å². The zero-order valence-corrected chi connectivity index (χ0v) is 22.2. The molecule has 0 aliphatic carbocycles. The average Bonchev–Trinajstić information content (AvgIpc) is 3.29. The molecule has 9 nitrogen and oxygen atoms in total. The summed E-state index contributed by atoms with van der Waals surface area (Å²) >= 11 is 1.38. The predicted molar refractivity (Wildman–Crippen MR) is 144 cm³/mol. The fraction of sp³-hybridized carbons (Fsp3) is 0.407. The number of ether oxygens (including phenoxy) is 2. The normalized spacial score (nSPS) is 17.3. The Labute approximate surface area is 221 Å². The average molecular weight is 525 g/mol. The Morgan fingerprint density at radius 3 is 2.49 bits per heavy atom. The number of rotatable bonds is 8. The van der Waals surface area contributed by atoms with Gasteiger partial charge < -0.3 is 24.6 Å². The van der Waals surface area contributed by atoms with Crippen molar-refractivity contribution in [2.75, 3.05) is 39.7 Å². The van der Waals surface area contributed by atoms with Crippen LogP contribution in [-0.4, -0.2) is 72.3 Å². The van der Waals surface area contributed by atoms with Gasteiger partial charge in [-0.05, 0) is 55.7 Å². The summed E-state index contributed by atoms with van der Waals surface area (Å²) in [4.78, 5) is 45.8. The zero-order valence-electron chi connectivity index (χ0n) is 21.4. The van der Waals surface area contributed by atoms with E-state index in [0.717, 1.165) is 36.7 Å². The third-order valence-corrected chi connectivity index (χ3v) is 7.60. The van der Waals surface area contributed by atoms with E-state index in [4.69, 9.17) is 9.47 Å². The van der Waals surface area contributed by atoms with Crippen molar-refractivity contribution in [3.05, 3.63) is 53.6 Å². The molecule has 1 N–H and O–H groups in total. The van der Waals surface area contributed by atoms with Crippen LogP contribution in [0.5, 0.6) is 11.5 Å². The number of thioether (sulfide) groups is 1. The molecular weight excluding hydrogens is 492 g/mol. The number of benzene rings is 2. The van der Waals surface area contributed by atoms with E-state index in [2.05, 4.69) is 15.2 Å². The molecule has 0 saturated carbocycles.